The van der Waals surface area contributed by atoms with Crippen LogP contribution in [0.25, 0.3) is 0 Å². The summed E-state index contributed by atoms with van der Waals surface area (Å²) in [5.41, 5.74) is 1.19. The maximum absolute atomic E-state index is 12.7. The zero-order chi connectivity index (χ0) is 17.7. The third kappa shape index (κ3) is 3.91. The second-order valence-corrected chi connectivity index (χ2v) is 6.71. The highest BCUT2D eigenvalue weighted by Crippen LogP contribution is 2.32. The third-order valence-corrected chi connectivity index (χ3v) is 4.73. The van der Waals surface area contributed by atoms with Crippen molar-refractivity contribution in [3.05, 3.63) is 42.0 Å². The van der Waals surface area contributed by atoms with Gasteiger partial charge in [0, 0.05) is 6.07 Å². The van der Waals surface area contributed by atoms with Gasteiger partial charge in [-0.15, -0.1) is 0 Å². The molecule has 0 bridgehead atoms. The molecule has 130 valence electrons. The average molecular weight is 351 g/mol. The van der Waals surface area contributed by atoms with Crippen molar-refractivity contribution in [3.8, 4) is 17.2 Å². The van der Waals surface area contributed by atoms with Gasteiger partial charge in [-0.1, -0.05) is 6.07 Å². The SMILES string of the molecule is CCOc1ccc(NS(=O)(=O)c2cc(C)ccc2OC)cc1OC. The molecule has 0 aliphatic carbocycles. The molecule has 0 aromatic heterocycles. The maximum Gasteiger partial charge on any atom is 0.265 e. The van der Waals surface area contributed by atoms with Gasteiger partial charge in [0.05, 0.1) is 26.5 Å². The first-order chi connectivity index (χ1) is 11.4. The molecule has 0 saturated heterocycles. The number of hydrogen-bond donors (Lipinski definition) is 1. The Morgan fingerprint density at radius 3 is 2.25 bits per heavy atom. The Morgan fingerprint density at radius 1 is 0.958 bits per heavy atom. The summed E-state index contributed by atoms with van der Waals surface area (Å²) in [6.45, 7) is 4.17. The molecule has 0 fully saturated rings. The van der Waals surface area contributed by atoms with E-state index in [0.29, 0.717) is 23.8 Å². The van der Waals surface area contributed by atoms with Crippen molar-refractivity contribution in [2.75, 3.05) is 25.5 Å². The van der Waals surface area contributed by atoms with Crippen LogP contribution in [0.15, 0.2) is 41.3 Å². The topological polar surface area (TPSA) is 73.9 Å². The fourth-order valence-corrected chi connectivity index (χ4v) is 3.51. The highest BCUT2D eigenvalue weighted by Gasteiger charge is 2.20. The van der Waals surface area contributed by atoms with Crippen LogP contribution in [0.5, 0.6) is 17.2 Å². The highest BCUT2D eigenvalue weighted by molar-refractivity contribution is 7.92. The Hall–Kier alpha value is -2.41. The quantitative estimate of drug-likeness (QED) is 0.829. The van der Waals surface area contributed by atoms with Gasteiger partial charge in [-0.3, -0.25) is 4.72 Å². The van der Waals surface area contributed by atoms with E-state index in [-0.39, 0.29) is 10.6 Å². The van der Waals surface area contributed by atoms with Crippen LogP contribution in [0.2, 0.25) is 0 Å². The molecule has 0 unspecified atom stereocenters. The third-order valence-electron chi connectivity index (χ3n) is 3.32. The van der Waals surface area contributed by atoms with Gasteiger partial charge in [0.2, 0.25) is 0 Å². The molecule has 2 aromatic rings. The molecule has 0 aliphatic heterocycles. The van der Waals surface area contributed by atoms with E-state index in [0.717, 1.165) is 5.56 Å². The summed E-state index contributed by atoms with van der Waals surface area (Å²) in [6, 6.07) is 9.83. The lowest BCUT2D eigenvalue weighted by atomic mass is 10.2. The number of sulfonamides is 1. The first-order valence-electron chi connectivity index (χ1n) is 7.39. The van der Waals surface area contributed by atoms with Crippen molar-refractivity contribution in [2.24, 2.45) is 0 Å². The second kappa shape index (κ2) is 7.44. The number of nitrogens with one attached hydrogen (secondary N) is 1. The summed E-state index contributed by atoms with van der Waals surface area (Å²) in [5, 5.41) is 0. The molecular formula is C17H21NO5S. The molecule has 2 rings (SSSR count). The smallest absolute Gasteiger partial charge is 0.265 e. The van der Waals surface area contributed by atoms with E-state index in [1.54, 1.807) is 36.4 Å². The molecule has 24 heavy (non-hydrogen) atoms. The van der Waals surface area contributed by atoms with Gasteiger partial charge >= 0.3 is 0 Å². The first-order valence-corrected chi connectivity index (χ1v) is 8.88. The largest absolute Gasteiger partial charge is 0.495 e. The monoisotopic (exact) mass is 351 g/mol. The minimum atomic E-state index is -3.80. The lowest BCUT2D eigenvalue weighted by Gasteiger charge is -2.14. The van der Waals surface area contributed by atoms with Crippen LogP contribution in [0.1, 0.15) is 12.5 Å². The van der Waals surface area contributed by atoms with Gasteiger partial charge in [0.15, 0.2) is 11.5 Å². The number of anilines is 1. The van der Waals surface area contributed by atoms with Gasteiger partial charge in [-0.05, 0) is 43.7 Å². The summed E-state index contributed by atoms with van der Waals surface area (Å²) < 4.78 is 43.7. The molecule has 2 aromatic carbocycles. The molecule has 7 heteroatoms. The predicted octanol–water partition coefficient (Wildman–Crippen LogP) is 3.21. The van der Waals surface area contributed by atoms with Crippen molar-refractivity contribution >= 4 is 15.7 Å². The summed E-state index contributed by atoms with van der Waals surface area (Å²) in [7, 11) is -0.866. The Labute approximate surface area is 142 Å². The minimum Gasteiger partial charge on any atom is -0.495 e. The Balaban J connectivity index is 2.38. The van der Waals surface area contributed by atoms with Crippen molar-refractivity contribution in [2.45, 2.75) is 18.7 Å². The Kier molecular flexibility index (Phi) is 5.56. The number of benzene rings is 2. The van der Waals surface area contributed by atoms with Crippen LogP contribution in [0.3, 0.4) is 0 Å². The lowest BCUT2D eigenvalue weighted by Crippen LogP contribution is -2.14. The van der Waals surface area contributed by atoms with Crippen LogP contribution in [0, 0.1) is 6.92 Å². The molecule has 1 N–H and O–H groups in total. The average Bonchev–Trinajstić information content (AvgIpc) is 2.56. The van der Waals surface area contributed by atoms with Gasteiger partial charge in [-0.25, -0.2) is 8.42 Å². The summed E-state index contributed by atoms with van der Waals surface area (Å²) in [6.07, 6.45) is 0. The van der Waals surface area contributed by atoms with Crippen LogP contribution in [-0.2, 0) is 10.0 Å². The van der Waals surface area contributed by atoms with Crippen LogP contribution in [-0.4, -0.2) is 29.2 Å². The Morgan fingerprint density at radius 2 is 1.62 bits per heavy atom. The van der Waals surface area contributed by atoms with E-state index >= 15 is 0 Å². The number of rotatable bonds is 7. The normalized spacial score (nSPS) is 11.0. The number of methoxy groups -OCH3 is 2. The molecule has 0 aliphatic rings. The van der Waals surface area contributed by atoms with Crippen molar-refractivity contribution in [1.29, 1.82) is 0 Å². The van der Waals surface area contributed by atoms with Gasteiger partial charge < -0.3 is 14.2 Å². The van der Waals surface area contributed by atoms with Crippen LogP contribution in [0.4, 0.5) is 5.69 Å². The van der Waals surface area contributed by atoms with Gasteiger partial charge in [0.25, 0.3) is 10.0 Å². The molecule has 6 nitrogen and oxygen atoms in total. The molecule has 0 saturated carbocycles. The zero-order valence-electron chi connectivity index (χ0n) is 14.1. The fourth-order valence-electron chi connectivity index (χ4n) is 2.21. The highest BCUT2D eigenvalue weighted by atomic mass is 32.2. The van der Waals surface area contributed by atoms with Gasteiger partial charge in [-0.2, -0.15) is 0 Å². The van der Waals surface area contributed by atoms with E-state index in [1.807, 2.05) is 13.8 Å². The fraction of sp³-hybridized carbons (Fsp3) is 0.294. The van der Waals surface area contributed by atoms with Crippen molar-refractivity contribution in [1.82, 2.24) is 0 Å². The molecular weight excluding hydrogens is 330 g/mol. The predicted molar refractivity (Wildman–Crippen MR) is 92.7 cm³/mol. The molecule has 0 radical (unpaired) electrons. The summed E-state index contributed by atoms with van der Waals surface area (Å²) >= 11 is 0. The number of hydrogen-bond acceptors (Lipinski definition) is 5. The summed E-state index contributed by atoms with van der Waals surface area (Å²) in [5.74, 6) is 1.29. The standard InChI is InChI=1S/C17H21NO5S/c1-5-23-14-9-7-13(11-16(14)22-4)18-24(19,20)17-10-12(2)6-8-15(17)21-3/h6-11,18H,5H2,1-4H3. The van der Waals surface area contributed by atoms with E-state index < -0.39 is 10.0 Å². The molecule has 0 amide bonds. The minimum absolute atomic E-state index is 0.0813. The van der Waals surface area contributed by atoms with E-state index in [2.05, 4.69) is 4.72 Å². The Bertz CT molecular complexity index is 818. The van der Waals surface area contributed by atoms with Crippen LogP contribution >= 0.6 is 0 Å². The first kappa shape index (κ1) is 17.9. The molecule has 0 spiro atoms. The molecule has 0 heterocycles. The van der Waals surface area contributed by atoms with E-state index in [1.165, 1.54) is 14.2 Å². The molecule has 0 atom stereocenters. The van der Waals surface area contributed by atoms with E-state index in [4.69, 9.17) is 14.2 Å². The maximum atomic E-state index is 12.7. The number of aryl methyl sites for hydroxylation is 1. The van der Waals surface area contributed by atoms with Gasteiger partial charge in [0.1, 0.15) is 10.6 Å². The van der Waals surface area contributed by atoms with E-state index in [9.17, 15) is 8.42 Å². The summed E-state index contributed by atoms with van der Waals surface area (Å²) in [4.78, 5) is 0.0813. The zero-order valence-corrected chi connectivity index (χ0v) is 14.9. The lowest BCUT2D eigenvalue weighted by molar-refractivity contribution is 0.311. The number of ether oxygens (including phenoxy) is 3. The second-order valence-electron chi connectivity index (χ2n) is 5.06. The van der Waals surface area contributed by atoms with Crippen molar-refractivity contribution in [3.63, 3.8) is 0 Å². The van der Waals surface area contributed by atoms with Crippen molar-refractivity contribution < 1.29 is 22.6 Å². The van der Waals surface area contributed by atoms with Crippen LogP contribution < -0.4 is 18.9 Å².